The molecule has 0 saturated carbocycles. The van der Waals surface area contributed by atoms with Gasteiger partial charge in [0.15, 0.2) is 0 Å². The first-order valence-electron chi connectivity index (χ1n) is 16.1. The molecule has 0 saturated heterocycles. The molecule has 0 atom stereocenters. The molecule has 0 radical (unpaired) electrons. The first-order chi connectivity index (χ1) is 21.1. The molecule has 0 spiro atoms. The Balaban J connectivity index is 1.55. The number of allylic oxidation sites excluding steroid dienone is 2. The summed E-state index contributed by atoms with van der Waals surface area (Å²) in [7, 11) is -3.58. The number of hydrogen-bond donors (Lipinski definition) is 1. The van der Waals surface area contributed by atoms with Gasteiger partial charge in [-0.3, -0.25) is 0 Å². The van der Waals surface area contributed by atoms with E-state index in [1.807, 2.05) is 6.07 Å². The Morgan fingerprint density at radius 1 is 0.881 bits per heavy atom. The molecular weight excluding hydrogens is 573 g/mol. The van der Waals surface area contributed by atoms with E-state index in [-0.39, 0.29) is 49.6 Å². The number of fused-ring (bicyclic) bond motifs is 1. The van der Waals surface area contributed by atoms with Gasteiger partial charge in [-0.05, 0) is 124 Å². The minimum atomic E-state index is -4.32. The summed E-state index contributed by atoms with van der Waals surface area (Å²) in [6, 6.07) is 8.76. The third-order valence-electron chi connectivity index (χ3n) is 7.56. The average molecular weight is 619 g/mol. The van der Waals surface area contributed by atoms with Crippen LogP contribution in [0, 0.1) is 11.6 Å². The number of halogens is 5. The number of unbranched alkanes of at least 4 members (excludes halogenated alkanes) is 4. The summed E-state index contributed by atoms with van der Waals surface area (Å²) in [6.07, 6.45) is -0.175. The van der Waals surface area contributed by atoms with Gasteiger partial charge in [0.2, 0.25) is 0 Å². The Hall–Kier alpha value is -2.46. The maximum atomic E-state index is 14.9. The van der Waals surface area contributed by atoms with Crippen LogP contribution in [-0.2, 0) is 16.3 Å². The van der Waals surface area contributed by atoms with E-state index in [9.17, 15) is 35.5 Å². The van der Waals surface area contributed by atoms with Crippen LogP contribution >= 0.6 is 0 Å². The van der Waals surface area contributed by atoms with Crippen molar-refractivity contribution in [3.8, 4) is 5.75 Å². The van der Waals surface area contributed by atoms with Crippen molar-refractivity contribution < 1.29 is 39.6 Å². The van der Waals surface area contributed by atoms with Crippen LogP contribution in [0.25, 0.3) is 11.1 Å². The Kier molecular flexibility index (Phi) is 11.2. The summed E-state index contributed by atoms with van der Waals surface area (Å²) in [5.74, 6) is -1.75. The smallest absolute Gasteiger partial charge is 0.389 e. The molecule has 10 heteroatoms. The predicted octanol–water partition coefficient (Wildman–Crippen LogP) is 8.34. The lowest BCUT2D eigenvalue weighted by molar-refractivity contribution is -0.135. The Morgan fingerprint density at radius 3 is 2.33 bits per heavy atom. The number of rotatable bonds is 16. The summed E-state index contributed by atoms with van der Waals surface area (Å²) >= 11 is 0. The minimum absolute atomic E-state index is 0.0292. The number of aryl methyl sites for hydroxylation is 1. The summed E-state index contributed by atoms with van der Waals surface area (Å²) in [5.41, 5.74) is 4.05. The molecule has 0 amide bonds. The van der Waals surface area contributed by atoms with Gasteiger partial charge < -0.3 is 10.0 Å². The third kappa shape index (κ3) is 11.3. The van der Waals surface area contributed by atoms with E-state index in [4.69, 9.17) is 4.11 Å². The van der Waals surface area contributed by atoms with E-state index in [1.54, 1.807) is 12.1 Å². The highest BCUT2D eigenvalue weighted by molar-refractivity contribution is 7.91. The molecule has 1 aliphatic carbocycles. The highest BCUT2D eigenvalue weighted by atomic mass is 32.2. The standard InChI is InChI=1S/C32H42F5NO3S/c1-38(19-9-21-42(40,41)20-7-5-17-32(35,36)37)18-6-3-2-4-11-28-27-16-14-26(39)22-24(27)10-8-12-29(28)30-15-13-25(33)23-31(30)34/h13-16,22-23,39H,2-12,17-21H2,1H3/i1D3. The van der Waals surface area contributed by atoms with Gasteiger partial charge >= 0.3 is 6.18 Å². The number of phenolic OH excluding ortho intramolecular Hbond substituents is 1. The number of alkyl halides is 3. The topological polar surface area (TPSA) is 57.6 Å². The molecule has 2 aromatic rings. The van der Waals surface area contributed by atoms with Crippen LogP contribution in [0.15, 0.2) is 36.4 Å². The van der Waals surface area contributed by atoms with Crippen molar-refractivity contribution in [1.29, 1.82) is 0 Å². The molecule has 234 valence electrons. The molecule has 0 aliphatic heterocycles. The number of aromatic hydroxyl groups is 1. The zero-order chi connectivity index (χ0) is 33.3. The lowest BCUT2D eigenvalue weighted by Crippen LogP contribution is -2.23. The van der Waals surface area contributed by atoms with Crippen molar-refractivity contribution in [2.24, 2.45) is 0 Å². The Bertz CT molecular complexity index is 1410. The van der Waals surface area contributed by atoms with E-state index in [2.05, 4.69) is 0 Å². The van der Waals surface area contributed by atoms with E-state index < -0.39 is 41.0 Å². The Labute approximate surface area is 250 Å². The first-order valence-corrected chi connectivity index (χ1v) is 16.4. The zero-order valence-electron chi connectivity index (χ0n) is 26.8. The van der Waals surface area contributed by atoms with Crippen molar-refractivity contribution in [3.05, 3.63) is 64.7 Å². The molecule has 2 aromatic carbocycles. The molecule has 0 fully saturated rings. The lowest BCUT2D eigenvalue weighted by atomic mass is 9.88. The average Bonchev–Trinajstić information content (AvgIpc) is 3.09. The van der Waals surface area contributed by atoms with Crippen molar-refractivity contribution in [2.75, 3.05) is 31.6 Å². The van der Waals surface area contributed by atoms with Crippen LogP contribution in [0.5, 0.6) is 5.75 Å². The molecule has 1 N–H and O–H groups in total. The number of hydrogen-bond acceptors (Lipinski definition) is 4. The van der Waals surface area contributed by atoms with Gasteiger partial charge in [0.05, 0.1) is 11.5 Å². The van der Waals surface area contributed by atoms with Crippen LogP contribution in [-0.4, -0.2) is 56.2 Å². The highest BCUT2D eigenvalue weighted by Gasteiger charge is 2.26. The van der Waals surface area contributed by atoms with Crippen LogP contribution in [0.4, 0.5) is 22.0 Å². The fraction of sp³-hybridized carbons (Fsp3) is 0.562. The lowest BCUT2D eigenvalue weighted by Gasteiger charge is -2.18. The van der Waals surface area contributed by atoms with E-state index >= 15 is 0 Å². The quantitative estimate of drug-likeness (QED) is 0.152. The summed E-state index contributed by atoms with van der Waals surface area (Å²) in [4.78, 5) is 1.26. The van der Waals surface area contributed by atoms with Crippen LogP contribution in [0.2, 0.25) is 0 Å². The molecule has 0 unspecified atom stereocenters. The van der Waals surface area contributed by atoms with Gasteiger partial charge in [0.25, 0.3) is 0 Å². The van der Waals surface area contributed by atoms with Gasteiger partial charge in [0, 0.05) is 22.2 Å². The summed E-state index contributed by atoms with van der Waals surface area (Å²) in [6.45, 7) is -2.15. The van der Waals surface area contributed by atoms with Crippen LogP contribution < -0.4 is 0 Å². The molecule has 4 nitrogen and oxygen atoms in total. The molecule has 0 aromatic heterocycles. The fourth-order valence-corrected chi connectivity index (χ4v) is 6.88. The van der Waals surface area contributed by atoms with Crippen molar-refractivity contribution >= 4 is 21.0 Å². The van der Waals surface area contributed by atoms with E-state index in [1.165, 1.54) is 17.0 Å². The monoisotopic (exact) mass is 618 g/mol. The zero-order valence-corrected chi connectivity index (χ0v) is 24.6. The van der Waals surface area contributed by atoms with Crippen molar-refractivity contribution in [3.63, 3.8) is 0 Å². The first kappa shape index (κ1) is 29.6. The van der Waals surface area contributed by atoms with Gasteiger partial charge in [-0.1, -0.05) is 18.9 Å². The molecule has 0 heterocycles. The van der Waals surface area contributed by atoms with Crippen LogP contribution in [0.1, 0.15) is 91.4 Å². The predicted molar refractivity (Wildman–Crippen MR) is 158 cm³/mol. The maximum Gasteiger partial charge on any atom is 0.389 e. The van der Waals surface area contributed by atoms with Crippen LogP contribution in [0.3, 0.4) is 0 Å². The van der Waals surface area contributed by atoms with Gasteiger partial charge in [0.1, 0.15) is 27.2 Å². The van der Waals surface area contributed by atoms with Crippen molar-refractivity contribution in [2.45, 2.75) is 83.2 Å². The highest BCUT2D eigenvalue weighted by Crippen LogP contribution is 2.40. The number of phenols is 1. The fourth-order valence-electron chi connectivity index (χ4n) is 5.46. The van der Waals surface area contributed by atoms with Gasteiger partial charge in [-0.2, -0.15) is 13.2 Å². The minimum Gasteiger partial charge on any atom is -0.508 e. The second-order valence-electron chi connectivity index (χ2n) is 11.0. The summed E-state index contributed by atoms with van der Waals surface area (Å²) < 4.78 is 113. The normalized spacial score (nSPS) is 15.7. The SMILES string of the molecule is [2H]C([2H])([2H])N(CCCCCCC1=C(c2ccc(F)cc2F)CCCc2cc(O)ccc21)CCCS(=O)(=O)CCCCC(F)(F)F. The summed E-state index contributed by atoms with van der Waals surface area (Å²) in [5, 5.41) is 10.0. The Morgan fingerprint density at radius 2 is 1.60 bits per heavy atom. The van der Waals surface area contributed by atoms with Gasteiger partial charge in [-0.25, -0.2) is 17.2 Å². The maximum absolute atomic E-state index is 14.9. The molecular formula is C32H42F5NO3S. The van der Waals surface area contributed by atoms with Gasteiger partial charge in [-0.15, -0.1) is 0 Å². The molecule has 0 bridgehead atoms. The molecule has 1 aliphatic rings. The second-order valence-corrected chi connectivity index (χ2v) is 13.3. The number of sulfone groups is 1. The third-order valence-corrected chi connectivity index (χ3v) is 9.38. The molecule has 3 rings (SSSR count). The number of benzene rings is 2. The largest absolute Gasteiger partial charge is 0.508 e. The number of nitrogens with zero attached hydrogens (tertiary/aromatic N) is 1. The second kappa shape index (κ2) is 15.8. The van der Waals surface area contributed by atoms with Crippen molar-refractivity contribution in [1.82, 2.24) is 4.90 Å². The van der Waals surface area contributed by atoms with E-state index in [0.29, 0.717) is 37.7 Å². The van der Waals surface area contributed by atoms with E-state index in [0.717, 1.165) is 47.6 Å². The molecule has 42 heavy (non-hydrogen) atoms.